The van der Waals surface area contributed by atoms with Gasteiger partial charge in [-0.2, -0.15) is 0 Å². The zero-order valence-electron chi connectivity index (χ0n) is 10.3. The average Bonchev–Trinajstić information content (AvgIpc) is 2.37. The maximum absolute atomic E-state index is 11.6. The van der Waals surface area contributed by atoms with Crippen LogP contribution in [0.15, 0.2) is 30.3 Å². The molecular formula is C12H17NO5S. The number of carboxylic acids is 1. The molecule has 0 radical (unpaired) electrons. The quantitative estimate of drug-likeness (QED) is 0.623. The number of carboxylic acid groups (broad SMARTS) is 1. The first-order valence-corrected chi connectivity index (χ1v) is 7.45. The van der Waals surface area contributed by atoms with Gasteiger partial charge in [0.05, 0.1) is 18.8 Å². The zero-order valence-corrected chi connectivity index (χ0v) is 11.1. The third-order valence-electron chi connectivity index (χ3n) is 2.48. The first-order valence-electron chi connectivity index (χ1n) is 5.79. The molecule has 0 spiro atoms. The standard InChI is InChI=1S/C12H17NO5S/c14-9-11(8-10-4-2-1-3-5-10)13-19(17,18)7-6-12(15)16/h1-5,11,13-14H,6-9H2,(H,15,16)/t11-/m1/s1. The normalized spacial score (nSPS) is 13.1. The van der Waals surface area contributed by atoms with Crippen LogP contribution in [-0.2, 0) is 21.2 Å². The summed E-state index contributed by atoms with van der Waals surface area (Å²) in [4.78, 5) is 10.4. The molecule has 106 valence electrons. The van der Waals surface area contributed by atoms with Crippen molar-refractivity contribution in [1.29, 1.82) is 0 Å². The van der Waals surface area contributed by atoms with Gasteiger partial charge >= 0.3 is 5.97 Å². The Bertz CT molecular complexity index is 500. The molecule has 0 heterocycles. The number of hydrogen-bond acceptors (Lipinski definition) is 4. The molecule has 0 amide bonds. The lowest BCUT2D eigenvalue weighted by Gasteiger charge is -2.16. The predicted molar refractivity (Wildman–Crippen MR) is 70.2 cm³/mol. The van der Waals surface area contributed by atoms with Crippen molar-refractivity contribution >= 4 is 16.0 Å². The highest BCUT2D eigenvalue weighted by molar-refractivity contribution is 7.89. The Morgan fingerprint density at radius 3 is 2.42 bits per heavy atom. The van der Waals surface area contributed by atoms with Gasteiger partial charge in [-0.05, 0) is 12.0 Å². The van der Waals surface area contributed by atoms with Crippen LogP contribution in [0.1, 0.15) is 12.0 Å². The van der Waals surface area contributed by atoms with Crippen LogP contribution in [-0.4, -0.2) is 43.0 Å². The summed E-state index contributed by atoms with van der Waals surface area (Å²) >= 11 is 0. The van der Waals surface area contributed by atoms with Crippen LogP contribution in [0, 0.1) is 0 Å². The molecule has 0 unspecified atom stereocenters. The van der Waals surface area contributed by atoms with E-state index < -0.39 is 34.2 Å². The number of hydrogen-bond donors (Lipinski definition) is 3. The number of aliphatic carboxylic acids is 1. The van der Waals surface area contributed by atoms with Gasteiger partial charge in [0, 0.05) is 6.04 Å². The van der Waals surface area contributed by atoms with Crippen LogP contribution in [0.5, 0.6) is 0 Å². The Balaban J connectivity index is 2.59. The van der Waals surface area contributed by atoms with E-state index in [9.17, 15) is 18.3 Å². The van der Waals surface area contributed by atoms with Gasteiger partial charge in [-0.25, -0.2) is 13.1 Å². The van der Waals surface area contributed by atoms with E-state index >= 15 is 0 Å². The Morgan fingerprint density at radius 1 is 1.26 bits per heavy atom. The molecule has 0 bridgehead atoms. The van der Waals surface area contributed by atoms with Crippen molar-refractivity contribution in [2.24, 2.45) is 0 Å². The Hall–Kier alpha value is -1.44. The van der Waals surface area contributed by atoms with E-state index in [0.717, 1.165) is 5.56 Å². The maximum Gasteiger partial charge on any atom is 0.304 e. The minimum atomic E-state index is -3.70. The van der Waals surface area contributed by atoms with Gasteiger partial charge in [-0.15, -0.1) is 0 Å². The molecule has 0 aromatic heterocycles. The molecule has 1 atom stereocenters. The van der Waals surface area contributed by atoms with E-state index in [1.807, 2.05) is 30.3 Å². The van der Waals surface area contributed by atoms with Gasteiger partial charge in [0.15, 0.2) is 0 Å². The second-order valence-corrected chi connectivity index (χ2v) is 6.02. The van der Waals surface area contributed by atoms with E-state index in [4.69, 9.17) is 5.11 Å². The van der Waals surface area contributed by atoms with Gasteiger partial charge < -0.3 is 10.2 Å². The van der Waals surface area contributed by atoms with Crippen LogP contribution in [0.3, 0.4) is 0 Å². The fourth-order valence-corrected chi connectivity index (χ4v) is 2.80. The number of nitrogens with one attached hydrogen (secondary N) is 1. The molecule has 0 saturated heterocycles. The van der Waals surface area contributed by atoms with Crippen molar-refractivity contribution in [1.82, 2.24) is 4.72 Å². The number of rotatable bonds is 8. The Labute approximate surface area is 112 Å². The number of aliphatic hydroxyl groups is 1. The number of benzene rings is 1. The first-order chi connectivity index (χ1) is 8.93. The van der Waals surface area contributed by atoms with Crippen LogP contribution >= 0.6 is 0 Å². The average molecular weight is 287 g/mol. The lowest BCUT2D eigenvalue weighted by molar-refractivity contribution is -0.136. The van der Waals surface area contributed by atoms with E-state index in [2.05, 4.69) is 4.72 Å². The molecule has 19 heavy (non-hydrogen) atoms. The molecule has 0 aliphatic heterocycles. The van der Waals surface area contributed by atoms with E-state index in [-0.39, 0.29) is 6.61 Å². The Morgan fingerprint density at radius 2 is 1.89 bits per heavy atom. The lowest BCUT2D eigenvalue weighted by atomic mass is 10.1. The summed E-state index contributed by atoms with van der Waals surface area (Å²) in [5, 5.41) is 17.6. The fourth-order valence-electron chi connectivity index (χ4n) is 1.58. The largest absolute Gasteiger partial charge is 0.481 e. The first kappa shape index (κ1) is 15.6. The molecule has 1 aromatic rings. The van der Waals surface area contributed by atoms with E-state index in [0.29, 0.717) is 6.42 Å². The lowest BCUT2D eigenvalue weighted by Crippen LogP contribution is -2.40. The number of aliphatic hydroxyl groups excluding tert-OH is 1. The topological polar surface area (TPSA) is 104 Å². The molecule has 1 rings (SSSR count). The summed E-state index contributed by atoms with van der Waals surface area (Å²) in [6, 6.07) is 8.49. The molecule has 0 fully saturated rings. The maximum atomic E-state index is 11.6. The summed E-state index contributed by atoms with van der Waals surface area (Å²) in [5.41, 5.74) is 0.891. The highest BCUT2D eigenvalue weighted by Crippen LogP contribution is 2.04. The highest BCUT2D eigenvalue weighted by Gasteiger charge is 2.18. The molecule has 6 nitrogen and oxygen atoms in total. The zero-order chi connectivity index (χ0) is 14.3. The Kier molecular flexibility index (Phi) is 5.94. The van der Waals surface area contributed by atoms with Crippen molar-refractivity contribution in [2.75, 3.05) is 12.4 Å². The third kappa shape index (κ3) is 6.32. The SMILES string of the molecule is O=C(O)CCS(=O)(=O)N[C@@H](CO)Cc1ccccc1. The van der Waals surface area contributed by atoms with Gasteiger partial charge in [0.2, 0.25) is 10.0 Å². The predicted octanol–water partition coefficient (Wildman–Crippen LogP) is -0.0159. The van der Waals surface area contributed by atoms with E-state index in [1.54, 1.807) is 0 Å². The van der Waals surface area contributed by atoms with Crippen LogP contribution < -0.4 is 4.72 Å². The molecular weight excluding hydrogens is 270 g/mol. The fraction of sp³-hybridized carbons (Fsp3) is 0.417. The number of sulfonamides is 1. The van der Waals surface area contributed by atoms with Gasteiger partial charge in [-0.3, -0.25) is 4.79 Å². The van der Waals surface area contributed by atoms with Crippen molar-refractivity contribution in [3.8, 4) is 0 Å². The van der Waals surface area contributed by atoms with Gasteiger partial charge in [0.25, 0.3) is 0 Å². The molecule has 1 aromatic carbocycles. The second kappa shape index (κ2) is 7.22. The van der Waals surface area contributed by atoms with Gasteiger partial charge in [-0.1, -0.05) is 30.3 Å². The molecule has 0 saturated carbocycles. The molecule has 0 aliphatic carbocycles. The smallest absolute Gasteiger partial charge is 0.304 e. The van der Waals surface area contributed by atoms with Crippen molar-refractivity contribution in [3.05, 3.63) is 35.9 Å². The summed E-state index contributed by atoms with van der Waals surface area (Å²) < 4.78 is 25.5. The summed E-state index contributed by atoms with van der Waals surface area (Å²) in [7, 11) is -3.70. The van der Waals surface area contributed by atoms with Crippen molar-refractivity contribution < 1.29 is 23.4 Å². The minimum absolute atomic E-state index is 0.346. The van der Waals surface area contributed by atoms with Crippen molar-refractivity contribution in [2.45, 2.75) is 18.9 Å². The molecule has 7 heteroatoms. The van der Waals surface area contributed by atoms with Gasteiger partial charge in [0.1, 0.15) is 0 Å². The summed E-state index contributed by atoms with van der Waals surface area (Å²) in [6.45, 7) is -0.346. The minimum Gasteiger partial charge on any atom is -0.481 e. The summed E-state index contributed by atoms with van der Waals surface area (Å²) in [5.74, 6) is -1.66. The van der Waals surface area contributed by atoms with Crippen LogP contribution in [0.2, 0.25) is 0 Å². The molecule has 0 aliphatic rings. The molecule has 3 N–H and O–H groups in total. The number of carbonyl (C=O) groups is 1. The monoisotopic (exact) mass is 287 g/mol. The van der Waals surface area contributed by atoms with Crippen LogP contribution in [0.25, 0.3) is 0 Å². The highest BCUT2D eigenvalue weighted by atomic mass is 32.2. The second-order valence-electron chi connectivity index (χ2n) is 4.15. The van der Waals surface area contributed by atoms with E-state index in [1.165, 1.54) is 0 Å². The van der Waals surface area contributed by atoms with Crippen LogP contribution in [0.4, 0.5) is 0 Å². The summed E-state index contributed by atoms with van der Waals surface area (Å²) in [6.07, 6.45) is -0.109. The van der Waals surface area contributed by atoms with Crippen molar-refractivity contribution in [3.63, 3.8) is 0 Å². The third-order valence-corrected chi connectivity index (χ3v) is 3.91.